The van der Waals surface area contributed by atoms with Crippen molar-refractivity contribution in [3.8, 4) is 0 Å². The number of thioether (sulfide) groups is 1. The molecule has 0 atom stereocenters. The summed E-state index contributed by atoms with van der Waals surface area (Å²) in [6.45, 7) is 1.56. The quantitative estimate of drug-likeness (QED) is 0.612. The second kappa shape index (κ2) is 8.73. The van der Waals surface area contributed by atoms with Gasteiger partial charge in [-0.2, -0.15) is 0 Å². The predicted molar refractivity (Wildman–Crippen MR) is 105 cm³/mol. The molecule has 0 fully saturated rings. The van der Waals surface area contributed by atoms with Crippen molar-refractivity contribution in [3.63, 3.8) is 0 Å². The van der Waals surface area contributed by atoms with Crippen molar-refractivity contribution < 1.29 is 19.1 Å². The van der Waals surface area contributed by atoms with Crippen molar-refractivity contribution in [3.05, 3.63) is 54.1 Å². The summed E-state index contributed by atoms with van der Waals surface area (Å²) >= 11 is 1.56. The molecule has 140 valence electrons. The lowest BCUT2D eigenvalue weighted by molar-refractivity contribution is -0.147. The third-order valence-corrected chi connectivity index (χ3v) is 5.04. The monoisotopic (exact) mass is 384 g/mol. The van der Waals surface area contributed by atoms with E-state index in [1.165, 1.54) is 10.5 Å². The van der Waals surface area contributed by atoms with Gasteiger partial charge in [-0.1, -0.05) is 29.8 Å². The van der Waals surface area contributed by atoms with Crippen LogP contribution in [0.15, 0.2) is 53.4 Å². The number of benzene rings is 2. The molecule has 0 spiro atoms. The van der Waals surface area contributed by atoms with Crippen LogP contribution in [0.1, 0.15) is 12.0 Å². The molecule has 7 heteroatoms. The van der Waals surface area contributed by atoms with Crippen LogP contribution in [0, 0.1) is 6.92 Å². The minimum atomic E-state index is -0.433. The van der Waals surface area contributed by atoms with Crippen LogP contribution in [0.2, 0.25) is 0 Å². The van der Waals surface area contributed by atoms with Crippen LogP contribution in [-0.4, -0.2) is 36.7 Å². The number of nitrogens with one attached hydrogen (secondary N) is 1. The number of carbonyl (C=O) groups is 3. The van der Waals surface area contributed by atoms with Gasteiger partial charge < -0.3 is 10.1 Å². The number of fused-ring (bicyclic) bond motifs is 1. The molecule has 1 heterocycles. The third kappa shape index (κ3) is 5.10. The molecule has 0 aliphatic carbocycles. The molecule has 3 rings (SSSR count). The summed E-state index contributed by atoms with van der Waals surface area (Å²) in [7, 11) is 0. The van der Waals surface area contributed by atoms with E-state index >= 15 is 0 Å². The maximum absolute atomic E-state index is 12.4. The molecule has 1 aliphatic rings. The van der Waals surface area contributed by atoms with Crippen LogP contribution in [0.3, 0.4) is 0 Å². The fraction of sp³-hybridized carbons (Fsp3) is 0.250. The minimum Gasteiger partial charge on any atom is -0.456 e. The number of aryl methyl sites for hydroxylation is 1. The van der Waals surface area contributed by atoms with Crippen LogP contribution in [-0.2, 0) is 19.1 Å². The van der Waals surface area contributed by atoms with Gasteiger partial charge >= 0.3 is 5.97 Å². The van der Waals surface area contributed by atoms with Gasteiger partial charge in [0.25, 0.3) is 5.91 Å². The summed E-state index contributed by atoms with van der Waals surface area (Å²) < 4.78 is 5.09. The molecular weight excluding hydrogens is 364 g/mol. The zero-order valence-corrected chi connectivity index (χ0v) is 15.8. The normalized spacial score (nSPS) is 12.9. The van der Waals surface area contributed by atoms with E-state index < -0.39 is 11.9 Å². The summed E-state index contributed by atoms with van der Waals surface area (Å²) in [6, 6.07) is 15.1. The van der Waals surface area contributed by atoms with Crippen LogP contribution in [0.4, 0.5) is 11.4 Å². The highest BCUT2D eigenvalue weighted by atomic mass is 32.2. The van der Waals surface area contributed by atoms with Gasteiger partial charge in [0.15, 0.2) is 6.61 Å². The third-order valence-electron chi connectivity index (χ3n) is 4.02. The molecule has 0 bridgehead atoms. The van der Waals surface area contributed by atoms with Gasteiger partial charge in [0.1, 0.15) is 6.54 Å². The Bertz CT molecular complexity index is 851. The average molecular weight is 384 g/mol. The van der Waals surface area contributed by atoms with E-state index in [1.54, 1.807) is 36.0 Å². The largest absolute Gasteiger partial charge is 0.456 e. The van der Waals surface area contributed by atoms with E-state index in [4.69, 9.17) is 4.74 Å². The SMILES string of the molecule is Cc1ccc(SCCC(=O)OCC(=O)N2CC(=O)Nc3ccccc32)cc1. The topological polar surface area (TPSA) is 75.7 Å². The van der Waals surface area contributed by atoms with E-state index in [1.807, 2.05) is 31.2 Å². The zero-order chi connectivity index (χ0) is 19.2. The van der Waals surface area contributed by atoms with Gasteiger partial charge in [-0.3, -0.25) is 19.3 Å². The van der Waals surface area contributed by atoms with Gasteiger partial charge in [-0.15, -0.1) is 11.8 Å². The Kier molecular flexibility index (Phi) is 6.13. The molecule has 27 heavy (non-hydrogen) atoms. The van der Waals surface area contributed by atoms with E-state index in [0.717, 1.165) is 4.90 Å². The first-order valence-corrected chi connectivity index (χ1v) is 9.56. The highest BCUT2D eigenvalue weighted by Gasteiger charge is 2.27. The van der Waals surface area contributed by atoms with E-state index in [9.17, 15) is 14.4 Å². The number of esters is 1. The standard InChI is InChI=1S/C20H20N2O4S/c1-14-6-8-15(9-7-14)27-11-10-20(25)26-13-19(24)22-12-18(23)21-16-4-2-3-5-17(16)22/h2-9H,10-13H2,1H3,(H,21,23). The average Bonchev–Trinajstić information content (AvgIpc) is 2.67. The van der Waals surface area contributed by atoms with Crippen molar-refractivity contribution in [1.82, 2.24) is 0 Å². The Morgan fingerprint density at radius 3 is 2.67 bits per heavy atom. The molecule has 2 aromatic rings. The summed E-state index contributed by atoms with van der Waals surface area (Å²) in [6.07, 6.45) is 0.211. The molecule has 1 aliphatic heterocycles. The number of rotatable bonds is 6. The smallest absolute Gasteiger partial charge is 0.307 e. The number of anilines is 2. The number of amides is 2. The molecule has 0 aromatic heterocycles. The van der Waals surface area contributed by atoms with Crippen molar-refractivity contribution in [2.24, 2.45) is 0 Å². The van der Waals surface area contributed by atoms with Crippen molar-refractivity contribution in [1.29, 1.82) is 0 Å². The number of ether oxygens (including phenoxy) is 1. The second-order valence-corrected chi connectivity index (χ2v) is 7.29. The molecule has 1 N–H and O–H groups in total. The van der Waals surface area contributed by atoms with E-state index in [-0.39, 0.29) is 25.5 Å². The van der Waals surface area contributed by atoms with Gasteiger partial charge in [0.05, 0.1) is 17.8 Å². The van der Waals surface area contributed by atoms with Gasteiger partial charge in [0, 0.05) is 10.6 Å². The number of hydrogen-bond acceptors (Lipinski definition) is 5. The summed E-state index contributed by atoms with van der Waals surface area (Å²) in [5.74, 6) is -0.553. The Balaban J connectivity index is 1.47. The molecule has 6 nitrogen and oxygen atoms in total. The first kappa shape index (κ1) is 19.0. The summed E-state index contributed by atoms with van der Waals surface area (Å²) in [5, 5.41) is 2.71. The maximum Gasteiger partial charge on any atom is 0.307 e. The van der Waals surface area contributed by atoms with Gasteiger partial charge in [0.2, 0.25) is 5.91 Å². The second-order valence-electron chi connectivity index (χ2n) is 6.12. The number of para-hydroxylation sites is 2. The Morgan fingerprint density at radius 1 is 1.15 bits per heavy atom. The Hall–Kier alpha value is -2.80. The lowest BCUT2D eigenvalue weighted by Gasteiger charge is -2.28. The van der Waals surface area contributed by atoms with Crippen LogP contribution >= 0.6 is 11.8 Å². The van der Waals surface area contributed by atoms with Crippen LogP contribution < -0.4 is 10.2 Å². The summed E-state index contributed by atoms with van der Waals surface area (Å²) in [5.41, 5.74) is 2.36. The summed E-state index contributed by atoms with van der Waals surface area (Å²) in [4.78, 5) is 38.5. The van der Waals surface area contributed by atoms with Crippen molar-refractivity contribution >= 4 is 40.9 Å². The Morgan fingerprint density at radius 2 is 1.89 bits per heavy atom. The van der Waals surface area contributed by atoms with Crippen LogP contribution in [0.25, 0.3) is 0 Å². The highest BCUT2D eigenvalue weighted by molar-refractivity contribution is 7.99. The lowest BCUT2D eigenvalue weighted by Crippen LogP contribution is -2.44. The maximum atomic E-state index is 12.4. The van der Waals surface area contributed by atoms with Crippen LogP contribution in [0.5, 0.6) is 0 Å². The minimum absolute atomic E-state index is 0.0866. The van der Waals surface area contributed by atoms with Gasteiger partial charge in [-0.05, 0) is 31.2 Å². The lowest BCUT2D eigenvalue weighted by atomic mass is 10.2. The number of nitrogens with zero attached hydrogens (tertiary/aromatic N) is 1. The van der Waals surface area contributed by atoms with E-state index in [0.29, 0.717) is 17.1 Å². The number of carbonyl (C=O) groups excluding carboxylic acids is 3. The van der Waals surface area contributed by atoms with Crippen molar-refractivity contribution in [2.75, 3.05) is 29.1 Å². The predicted octanol–water partition coefficient (Wildman–Crippen LogP) is 3.01. The molecular formula is C20H20N2O4S. The molecule has 2 aromatic carbocycles. The zero-order valence-electron chi connectivity index (χ0n) is 14.9. The molecule has 0 saturated carbocycles. The molecule has 2 amide bonds. The first-order chi connectivity index (χ1) is 13.0. The number of hydrogen-bond donors (Lipinski definition) is 1. The Labute approximate surface area is 161 Å². The molecule has 0 radical (unpaired) electrons. The first-order valence-electron chi connectivity index (χ1n) is 8.57. The molecule has 0 saturated heterocycles. The highest BCUT2D eigenvalue weighted by Crippen LogP contribution is 2.28. The fourth-order valence-electron chi connectivity index (χ4n) is 2.63. The van der Waals surface area contributed by atoms with E-state index in [2.05, 4.69) is 5.32 Å². The van der Waals surface area contributed by atoms with Crippen molar-refractivity contribution in [2.45, 2.75) is 18.2 Å². The molecule has 0 unspecified atom stereocenters. The fourth-order valence-corrected chi connectivity index (χ4v) is 3.47. The van der Waals surface area contributed by atoms with Gasteiger partial charge in [-0.25, -0.2) is 0 Å².